The fraction of sp³-hybridized carbons (Fsp3) is 0.276. The third kappa shape index (κ3) is 9.15. The van der Waals surface area contributed by atoms with Gasteiger partial charge in [-0.3, -0.25) is 9.59 Å². The molecule has 2 atom stereocenters. The van der Waals surface area contributed by atoms with Crippen LogP contribution in [0.15, 0.2) is 70.2 Å². The fourth-order valence-electron chi connectivity index (χ4n) is 3.58. The molecule has 0 aliphatic heterocycles. The summed E-state index contributed by atoms with van der Waals surface area (Å²) in [4.78, 5) is 26.1. The average Bonchev–Trinajstić information content (AvgIpc) is 2.91. The molecule has 0 unspecified atom stereocenters. The molecule has 2 amide bonds. The molecule has 3 aromatic carbocycles. The third-order valence-electron chi connectivity index (χ3n) is 5.48. The van der Waals surface area contributed by atoms with Crippen molar-refractivity contribution in [2.75, 3.05) is 7.11 Å². The molecule has 0 saturated carbocycles. The van der Waals surface area contributed by atoms with Crippen molar-refractivity contribution in [2.45, 2.75) is 45.4 Å². The third-order valence-corrected chi connectivity index (χ3v) is 6.60. The lowest BCUT2D eigenvalue weighted by Gasteiger charge is -2.21. The summed E-state index contributed by atoms with van der Waals surface area (Å²) in [6.07, 6.45) is 0.727. The number of rotatable bonds is 12. The number of nitrogens with zero attached hydrogens (tertiary/aromatic N) is 1. The predicted octanol–water partition coefficient (Wildman–Crippen LogP) is 6.20. The number of benzene rings is 3. The first-order valence-electron chi connectivity index (χ1n) is 12.4. The summed E-state index contributed by atoms with van der Waals surface area (Å²) in [5, 5.41) is 7.57. The van der Waals surface area contributed by atoms with Crippen molar-refractivity contribution in [1.29, 1.82) is 0 Å². The maximum Gasteiger partial charge on any atom is 0.262 e. The minimum Gasteiger partial charge on any atom is -0.493 e. The Morgan fingerprint density at radius 1 is 0.975 bits per heavy atom. The molecule has 0 aromatic heterocycles. The van der Waals surface area contributed by atoms with Crippen LogP contribution in [0.4, 0.5) is 0 Å². The minimum absolute atomic E-state index is 0.0444. The summed E-state index contributed by atoms with van der Waals surface area (Å²) in [6.45, 7) is 5.40. The van der Waals surface area contributed by atoms with Gasteiger partial charge in [-0.15, -0.1) is 0 Å². The normalized spacial score (nSPS) is 12.6. The van der Waals surface area contributed by atoms with E-state index in [9.17, 15) is 9.59 Å². The van der Waals surface area contributed by atoms with Gasteiger partial charge in [0.15, 0.2) is 17.6 Å². The zero-order valence-corrected chi connectivity index (χ0v) is 25.5. The topological polar surface area (TPSA) is 98.2 Å². The summed E-state index contributed by atoms with van der Waals surface area (Å²) < 4.78 is 17.6. The van der Waals surface area contributed by atoms with E-state index in [1.54, 1.807) is 38.3 Å². The Hall–Kier alpha value is -3.27. The number of hydrogen-bond acceptors (Lipinski definition) is 6. The summed E-state index contributed by atoms with van der Waals surface area (Å²) in [6, 6.07) is 16.6. The van der Waals surface area contributed by atoms with Crippen molar-refractivity contribution in [1.82, 2.24) is 10.7 Å². The van der Waals surface area contributed by atoms with E-state index < -0.39 is 24.0 Å². The quantitative estimate of drug-likeness (QED) is 0.180. The van der Waals surface area contributed by atoms with Gasteiger partial charge in [0.25, 0.3) is 11.8 Å². The Morgan fingerprint density at radius 2 is 1.70 bits per heavy atom. The molecule has 0 spiro atoms. The number of carbonyl (C=O) groups excluding carboxylic acids is 2. The molecular weight excluding hydrogens is 621 g/mol. The monoisotopic (exact) mass is 649 g/mol. The van der Waals surface area contributed by atoms with Gasteiger partial charge in [0.2, 0.25) is 0 Å². The van der Waals surface area contributed by atoms with Crippen LogP contribution in [0.3, 0.4) is 0 Å². The first-order chi connectivity index (χ1) is 19.1. The molecule has 0 radical (unpaired) electrons. The summed E-state index contributed by atoms with van der Waals surface area (Å²) >= 11 is 15.6. The number of ether oxygens (including phenoxy) is 3. The highest BCUT2D eigenvalue weighted by Crippen LogP contribution is 2.37. The second kappa shape index (κ2) is 14.9. The highest BCUT2D eigenvalue weighted by molar-refractivity contribution is 9.10. The van der Waals surface area contributed by atoms with Crippen LogP contribution in [0.2, 0.25) is 10.0 Å². The molecule has 3 rings (SSSR count). The highest BCUT2D eigenvalue weighted by Gasteiger charge is 2.25. The Balaban J connectivity index is 1.72. The SMILES string of the molecule is COc1cc(/C=N\NC(=O)[C@@H](Cc2ccccc2)NC(=O)[C@@H](C)Oc2ccc(Cl)cc2Cl)cc(Br)c1OC(C)C. The Morgan fingerprint density at radius 3 is 2.35 bits per heavy atom. The maximum atomic E-state index is 13.1. The lowest BCUT2D eigenvalue weighted by molar-refractivity contribution is -0.132. The van der Waals surface area contributed by atoms with E-state index in [-0.39, 0.29) is 17.5 Å². The van der Waals surface area contributed by atoms with Crippen molar-refractivity contribution >= 4 is 57.2 Å². The number of hydrazone groups is 1. The Bertz CT molecular complexity index is 1350. The minimum atomic E-state index is -0.940. The van der Waals surface area contributed by atoms with E-state index in [1.807, 2.05) is 44.2 Å². The Labute approximate surface area is 252 Å². The lowest BCUT2D eigenvalue weighted by atomic mass is 10.1. The van der Waals surface area contributed by atoms with Crippen LogP contribution in [0.25, 0.3) is 0 Å². The molecule has 0 saturated heterocycles. The van der Waals surface area contributed by atoms with Gasteiger partial charge >= 0.3 is 0 Å². The van der Waals surface area contributed by atoms with E-state index >= 15 is 0 Å². The molecule has 0 heterocycles. The molecule has 0 aliphatic carbocycles. The number of carbonyl (C=O) groups is 2. The van der Waals surface area contributed by atoms with Crippen LogP contribution >= 0.6 is 39.1 Å². The van der Waals surface area contributed by atoms with E-state index in [0.29, 0.717) is 32.3 Å². The Kier molecular flexibility index (Phi) is 11.7. The molecule has 3 aromatic rings. The van der Waals surface area contributed by atoms with E-state index in [0.717, 1.165) is 5.56 Å². The van der Waals surface area contributed by atoms with Gasteiger partial charge in [-0.2, -0.15) is 5.10 Å². The molecule has 212 valence electrons. The first-order valence-corrected chi connectivity index (χ1v) is 13.9. The van der Waals surface area contributed by atoms with Gasteiger partial charge in [-0.05, 0) is 78.2 Å². The van der Waals surface area contributed by atoms with Crippen LogP contribution in [0.5, 0.6) is 17.2 Å². The molecule has 0 bridgehead atoms. The maximum absolute atomic E-state index is 13.1. The summed E-state index contributed by atoms with van der Waals surface area (Å²) in [5.41, 5.74) is 4.03. The van der Waals surface area contributed by atoms with Crippen LogP contribution in [-0.2, 0) is 16.0 Å². The zero-order chi connectivity index (χ0) is 29.2. The van der Waals surface area contributed by atoms with E-state index in [4.69, 9.17) is 37.4 Å². The molecule has 11 heteroatoms. The number of methoxy groups -OCH3 is 1. The van der Waals surface area contributed by atoms with Crippen molar-refractivity contribution in [2.24, 2.45) is 5.10 Å². The van der Waals surface area contributed by atoms with Gasteiger partial charge in [-0.25, -0.2) is 5.43 Å². The van der Waals surface area contributed by atoms with Gasteiger partial charge in [0, 0.05) is 11.4 Å². The van der Waals surface area contributed by atoms with Crippen LogP contribution in [0.1, 0.15) is 31.9 Å². The largest absolute Gasteiger partial charge is 0.493 e. The molecule has 40 heavy (non-hydrogen) atoms. The van der Waals surface area contributed by atoms with E-state index in [1.165, 1.54) is 12.3 Å². The molecule has 2 N–H and O–H groups in total. The average molecular weight is 651 g/mol. The van der Waals surface area contributed by atoms with Gasteiger partial charge in [0.1, 0.15) is 11.8 Å². The fourth-order valence-corrected chi connectivity index (χ4v) is 4.58. The molecule has 8 nitrogen and oxygen atoms in total. The zero-order valence-electron chi connectivity index (χ0n) is 22.4. The predicted molar refractivity (Wildman–Crippen MR) is 161 cm³/mol. The van der Waals surface area contributed by atoms with Crippen LogP contribution in [0, 0.1) is 0 Å². The summed E-state index contributed by atoms with van der Waals surface area (Å²) in [5.74, 6) is 0.380. The van der Waals surface area contributed by atoms with Crippen molar-refractivity contribution in [3.63, 3.8) is 0 Å². The van der Waals surface area contributed by atoms with Crippen LogP contribution < -0.4 is 25.0 Å². The number of halogens is 3. The highest BCUT2D eigenvalue weighted by atomic mass is 79.9. The first kappa shape index (κ1) is 31.3. The lowest BCUT2D eigenvalue weighted by Crippen LogP contribution is -2.50. The molecule has 0 fully saturated rings. The van der Waals surface area contributed by atoms with Crippen molar-refractivity contribution in [3.05, 3.63) is 86.3 Å². The number of nitrogens with one attached hydrogen (secondary N) is 2. The van der Waals surface area contributed by atoms with E-state index in [2.05, 4.69) is 31.8 Å². The van der Waals surface area contributed by atoms with Crippen LogP contribution in [-0.4, -0.2) is 43.4 Å². The van der Waals surface area contributed by atoms with Crippen molar-refractivity contribution in [3.8, 4) is 17.2 Å². The standard InChI is InChI=1S/C29H30BrCl2N3O5/c1-17(2)39-27-22(30)12-20(14-26(27)38-4)16-33-35-29(37)24(13-19-8-6-5-7-9-19)34-28(36)18(3)40-25-11-10-21(31)15-23(25)32/h5-12,14-18,24H,13H2,1-4H3,(H,34,36)(H,35,37)/b33-16-/t18-,24-/m1/s1. The van der Waals surface area contributed by atoms with Gasteiger partial charge in [0.05, 0.1) is 28.9 Å². The second-order valence-electron chi connectivity index (χ2n) is 9.02. The van der Waals surface area contributed by atoms with Crippen molar-refractivity contribution < 1.29 is 23.8 Å². The summed E-state index contributed by atoms with van der Waals surface area (Å²) in [7, 11) is 1.54. The number of hydrogen-bond donors (Lipinski definition) is 2. The van der Waals surface area contributed by atoms with Gasteiger partial charge < -0.3 is 19.5 Å². The molecular formula is C29H30BrCl2N3O5. The van der Waals surface area contributed by atoms with Gasteiger partial charge in [-0.1, -0.05) is 53.5 Å². The number of amides is 2. The second-order valence-corrected chi connectivity index (χ2v) is 10.7. The molecule has 0 aliphatic rings. The smallest absolute Gasteiger partial charge is 0.262 e.